The average molecular weight is 261 g/mol. The van der Waals surface area contributed by atoms with Gasteiger partial charge in [-0.3, -0.25) is 9.78 Å². The normalized spacial score (nSPS) is 12.0. The van der Waals surface area contributed by atoms with Gasteiger partial charge >= 0.3 is 0 Å². The van der Waals surface area contributed by atoms with Crippen LogP contribution < -0.4 is 0 Å². The fraction of sp³-hybridized carbons (Fsp3) is 0.111. The van der Waals surface area contributed by atoms with E-state index < -0.39 is 0 Å². The standard InChI is InChI=1S/C18H15NO/c1-3-12(2)18(20)15-8-4-6-13-9-10-14-7-5-11-19-17(14)16(13)15/h3-11H,1-2H3/b12-3+. The van der Waals surface area contributed by atoms with Crippen LogP contribution in [0.1, 0.15) is 24.2 Å². The maximum Gasteiger partial charge on any atom is 0.189 e. The zero-order valence-electron chi connectivity index (χ0n) is 11.6. The third-order valence-corrected chi connectivity index (χ3v) is 3.65. The number of hydrogen-bond donors (Lipinski definition) is 0. The summed E-state index contributed by atoms with van der Waals surface area (Å²) in [5.74, 6) is 0.0660. The number of aromatic nitrogens is 1. The van der Waals surface area contributed by atoms with Crippen molar-refractivity contribution in [3.63, 3.8) is 0 Å². The summed E-state index contributed by atoms with van der Waals surface area (Å²) in [4.78, 5) is 17.0. The average Bonchev–Trinajstić information content (AvgIpc) is 2.52. The highest BCUT2D eigenvalue weighted by molar-refractivity contribution is 6.21. The molecule has 0 aliphatic rings. The molecular formula is C18H15NO. The molecule has 2 aromatic carbocycles. The van der Waals surface area contributed by atoms with E-state index in [-0.39, 0.29) is 5.78 Å². The van der Waals surface area contributed by atoms with Crippen molar-refractivity contribution in [2.24, 2.45) is 0 Å². The smallest absolute Gasteiger partial charge is 0.189 e. The van der Waals surface area contributed by atoms with Crippen LogP contribution in [0.3, 0.4) is 0 Å². The van der Waals surface area contributed by atoms with Crippen LogP contribution in [0, 0.1) is 0 Å². The summed E-state index contributed by atoms with van der Waals surface area (Å²) in [7, 11) is 0. The molecule has 1 aromatic heterocycles. The number of pyridine rings is 1. The van der Waals surface area contributed by atoms with Gasteiger partial charge in [0, 0.05) is 22.5 Å². The lowest BCUT2D eigenvalue weighted by molar-refractivity contribution is 0.103. The van der Waals surface area contributed by atoms with Crippen LogP contribution in [-0.2, 0) is 0 Å². The SMILES string of the molecule is C/C=C(\C)C(=O)c1cccc2ccc3cccnc3c12. The minimum absolute atomic E-state index is 0.0660. The van der Waals surface area contributed by atoms with Crippen molar-refractivity contribution in [1.29, 1.82) is 0 Å². The first kappa shape index (κ1) is 12.5. The van der Waals surface area contributed by atoms with Crippen LogP contribution in [0.25, 0.3) is 21.7 Å². The molecule has 1 heterocycles. The third-order valence-electron chi connectivity index (χ3n) is 3.65. The van der Waals surface area contributed by atoms with Crippen molar-refractivity contribution in [3.05, 3.63) is 65.9 Å². The molecule has 0 bridgehead atoms. The van der Waals surface area contributed by atoms with E-state index in [4.69, 9.17) is 0 Å². The minimum Gasteiger partial charge on any atom is -0.289 e. The highest BCUT2D eigenvalue weighted by atomic mass is 16.1. The van der Waals surface area contributed by atoms with Crippen molar-refractivity contribution in [3.8, 4) is 0 Å². The number of rotatable bonds is 2. The molecule has 0 radical (unpaired) electrons. The largest absolute Gasteiger partial charge is 0.289 e. The number of allylic oxidation sites excluding steroid dienone is 2. The first-order valence-corrected chi connectivity index (χ1v) is 6.66. The molecule has 0 amide bonds. The number of benzene rings is 2. The molecule has 2 heteroatoms. The Bertz CT molecular complexity index is 846. The van der Waals surface area contributed by atoms with Gasteiger partial charge in [0.15, 0.2) is 5.78 Å². The highest BCUT2D eigenvalue weighted by Crippen LogP contribution is 2.28. The Morgan fingerprint density at radius 1 is 1.05 bits per heavy atom. The summed E-state index contributed by atoms with van der Waals surface area (Å²) in [6.45, 7) is 3.73. The monoisotopic (exact) mass is 261 g/mol. The summed E-state index contributed by atoms with van der Waals surface area (Å²) in [6, 6.07) is 13.8. The topological polar surface area (TPSA) is 30.0 Å². The fourth-order valence-electron chi connectivity index (χ4n) is 2.45. The van der Waals surface area contributed by atoms with Gasteiger partial charge in [-0.25, -0.2) is 0 Å². The van der Waals surface area contributed by atoms with Gasteiger partial charge in [-0.2, -0.15) is 0 Å². The number of carbonyl (C=O) groups excluding carboxylic acids is 1. The van der Waals surface area contributed by atoms with Crippen LogP contribution >= 0.6 is 0 Å². The van der Waals surface area contributed by atoms with E-state index in [9.17, 15) is 4.79 Å². The molecule has 0 saturated heterocycles. The lowest BCUT2D eigenvalue weighted by atomic mass is 9.96. The van der Waals surface area contributed by atoms with Gasteiger partial charge in [0.1, 0.15) is 0 Å². The summed E-state index contributed by atoms with van der Waals surface area (Å²) >= 11 is 0. The van der Waals surface area contributed by atoms with E-state index in [0.717, 1.165) is 32.8 Å². The number of nitrogens with zero attached hydrogens (tertiary/aromatic N) is 1. The molecule has 0 aliphatic carbocycles. The van der Waals surface area contributed by atoms with Crippen LogP contribution in [-0.4, -0.2) is 10.8 Å². The van der Waals surface area contributed by atoms with E-state index in [0.29, 0.717) is 0 Å². The van der Waals surface area contributed by atoms with E-state index in [2.05, 4.69) is 4.98 Å². The molecular weight excluding hydrogens is 246 g/mol. The van der Waals surface area contributed by atoms with Crippen molar-refractivity contribution >= 4 is 27.5 Å². The maximum atomic E-state index is 12.5. The Morgan fingerprint density at radius 2 is 1.80 bits per heavy atom. The Morgan fingerprint density at radius 3 is 2.60 bits per heavy atom. The van der Waals surface area contributed by atoms with E-state index in [1.54, 1.807) is 6.20 Å². The molecule has 3 rings (SSSR count). The molecule has 20 heavy (non-hydrogen) atoms. The second-order valence-corrected chi connectivity index (χ2v) is 4.85. The van der Waals surface area contributed by atoms with Gasteiger partial charge in [-0.05, 0) is 30.9 Å². The van der Waals surface area contributed by atoms with Crippen molar-refractivity contribution in [1.82, 2.24) is 4.98 Å². The second-order valence-electron chi connectivity index (χ2n) is 4.85. The van der Waals surface area contributed by atoms with Gasteiger partial charge in [0.05, 0.1) is 5.52 Å². The predicted octanol–water partition coefficient (Wildman–Crippen LogP) is 4.54. The number of carbonyl (C=O) groups is 1. The quantitative estimate of drug-likeness (QED) is 0.385. The van der Waals surface area contributed by atoms with E-state index in [1.807, 2.05) is 62.4 Å². The van der Waals surface area contributed by atoms with E-state index in [1.165, 1.54) is 0 Å². The van der Waals surface area contributed by atoms with Gasteiger partial charge in [0.25, 0.3) is 0 Å². The molecule has 0 atom stereocenters. The molecule has 0 aliphatic heterocycles. The summed E-state index contributed by atoms with van der Waals surface area (Å²) in [5.41, 5.74) is 2.37. The molecule has 2 nitrogen and oxygen atoms in total. The van der Waals surface area contributed by atoms with Crippen molar-refractivity contribution in [2.45, 2.75) is 13.8 Å². The van der Waals surface area contributed by atoms with Gasteiger partial charge in [0.2, 0.25) is 0 Å². The Labute approximate surface area is 117 Å². The van der Waals surface area contributed by atoms with Crippen molar-refractivity contribution < 1.29 is 4.79 Å². The molecule has 0 spiro atoms. The molecule has 98 valence electrons. The summed E-state index contributed by atoms with van der Waals surface area (Å²) in [6.07, 6.45) is 3.62. The minimum atomic E-state index is 0.0660. The van der Waals surface area contributed by atoms with Gasteiger partial charge < -0.3 is 0 Å². The van der Waals surface area contributed by atoms with Crippen LogP contribution in [0.5, 0.6) is 0 Å². The Balaban J connectivity index is 2.43. The highest BCUT2D eigenvalue weighted by Gasteiger charge is 2.13. The van der Waals surface area contributed by atoms with Crippen LogP contribution in [0.4, 0.5) is 0 Å². The maximum absolute atomic E-state index is 12.5. The van der Waals surface area contributed by atoms with Crippen molar-refractivity contribution in [2.75, 3.05) is 0 Å². The number of fused-ring (bicyclic) bond motifs is 3. The lowest BCUT2D eigenvalue weighted by Crippen LogP contribution is -2.02. The number of Topliss-reactive ketones (excluding diaryl/α,β-unsaturated/α-hetero) is 1. The molecule has 0 unspecified atom stereocenters. The molecule has 0 saturated carbocycles. The van der Waals surface area contributed by atoms with Crippen LogP contribution in [0.2, 0.25) is 0 Å². The zero-order valence-corrected chi connectivity index (χ0v) is 11.6. The summed E-state index contributed by atoms with van der Waals surface area (Å²) in [5, 5.41) is 3.04. The first-order chi connectivity index (χ1) is 9.72. The number of ketones is 1. The van der Waals surface area contributed by atoms with E-state index >= 15 is 0 Å². The fourth-order valence-corrected chi connectivity index (χ4v) is 2.45. The first-order valence-electron chi connectivity index (χ1n) is 6.66. The summed E-state index contributed by atoms with van der Waals surface area (Å²) < 4.78 is 0. The van der Waals surface area contributed by atoms with Crippen LogP contribution in [0.15, 0.2) is 60.3 Å². The predicted molar refractivity (Wildman–Crippen MR) is 83.0 cm³/mol. The van der Waals surface area contributed by atoms with Gasteiger partial charge in [-0.15, -0.1) is 0 Å². The Kier molecular flexibility index (Phi) is 3.07. The van der Waals surface area contributed by atoms with Gasteiger partial charge in [-0.1, -0.05) is 42.5 Å². The number of hydrogen-bond acceptors (Lipinski definition) is 2. The second kappa shape index (κ2) is 4.89. The molecule has 3 aromatic rings. The molecule has 0 fully saturated rings. The zero-order chi connectivity index (χ0) is 14.1. The Hall–Kier alpha value is -2.48. The third kappa shape index (κ3) is 1.90. The molecule has 0 N–H and O–H groups in total. The lowest BCUT2D eigenvalue weighted by Gasteiger charge is -2.08.